The van der Waals surface area contributed by atoms with Crippen LogP contribution in [0.4, 0.5) is 5.69 Å². The maximum atomic E-state index is 12.8. The molecule has 2 N–H and O–H groups in total. The average molecular weight is 399 g/mol. The second-order valence-corrected chi connectivity index (χ2v) is 9.09. The molecule has 0 spiro atoms. The zero-order valence-corrected chi connectivity index (χ0v) is 17.4. The molecule has 3 nitrogen and oxygen atoms in total. The molecule has 3 aliphatic carbocycles. The molecule has 30 heavy (non-hydrogen) atoms. The van der Waals surface area contributed by atoms with Crippen molar-refractivity contribution in [2.45, 2.75) is 44.1 Å². The van der Waals surface area contributed by atoms with Crippen molar-refractivity contribution in [3.8, 4) is 0 Å². The number of anilines is 1. The van der Waals surface area contributed by atoms with Gasteiger partial charge in [-0.05, 0) is 85.9 Å². The van der Waals surface area contributed by atoms with Crippen molar-refractivity contribution in [3.63, 3.8) is 0 Å². The second-order valence-electron chi connectivity index (χ2n) is 9.09. The van der Waals surface area contributed by atoms with E-state index in [1.54, 1.807) is 0 Å². The molecule has 2 aromatic rings. The van der Waals surface area contributed by atoms with Gasteiger partial charge >= 0.3 is 0 Å². The van der Waals surface area contributed by atoms with Gasteiger partial charge < -0.3 is 10.6 Å². The molecule has 5 rings (SSSR count). The third-order valence-corrected chi connectivity index (χ3v) is 6.51. The van der Waals surface area contributed by atoms with E-state index in [2.05, 4.69) is 59.2 Å². The number of hydrogen-bond acceptors (Lipinski definition) is 2. The molecule has 154 valence electrons. The third-order valence-electron chi connectivity index (χ3n) is 6.51. The van der Waals surface area contributed by atoms with E-state index < -0.39 is 0 Å². The lowest BCUT2D eigenvalue weighted by Crippen LogP contribution is -2.20. The SMILES string of the molecule is O=C(Nc1ccc(CC2C=CC=CC2)cc1)c1cccc(C2CC2NCC2CC2)c1. The maximum absolute atomic E-state index is 12.8. The molecule has 3 heteroatoms. The summed E-state index contributed by atoms with van der Waals surface area (Å²) in [7, 11) is 0. The van der Waals surface area contributed by atoms with Gasteiger partial charge in [0.1, 0.15) is 0 Å². The average Bonchev–Trinajstić information content (AvgIpc) is 3.69. The van der Waals surface area contributed by atoms with Crippen molar-refractivity contribution in [1.29, 1.82) is 0 Å². The van der Waals surface area contributed by atoms with Crippen molar-refractivity contribution in [1.82, 2.24) is 5.32 Å². The van der Waals surface area contributed by atoms with Crippen LogP contribution in [0.3, 0.4) is 0 Å². The molecule has 3 unspecified atom stereocenters. The van der Waals surface area contributed by atoms with E-state index in [0.717, 1.165) is 36.6 Å². The van der Waals surface area contributed by atoms with Crippen LogP contribution < -0.4 is 10.6 Å². The summed E-state index contributed by atoms with van der Waals surface area (Å²) in [6, 6.07) is 17.0. The molecule has 0 aromatic heterocycles. The third kappa shape index (κ3) is 4.91. The molecule has 0 bridgehead atoms. The molecule has 2 saturated carbocycles. The zero-order chi connectivity index (χ0) is 20.3. The van der Waals surface area contributed by atoms with Crippen LogP contribution in [0.5, 0.6) is 0 Å². The Labute approximate surface area is 179 Å². The Hall–Kier alpha value is -2.65. The van der Waals surface area contributed by atoms with E-state index in [1.807, 2.05) is 24.3 Å². The minimum absolute atomic E-state index is 0.0342. The molecule has 3 aliphatic rings. The molecular formula is C27H30N2O. The van der Waals surface area contributed by atoms with Gasteiger partial charge in [-0.1, -0.05) is 48.6 Å². The number of allylic oxidation sites excluding steroid dienone is 4. The lowest BCUT2D eigenvalue weighted by atomic mass is 9.93. The number of amides is 1. The fourth-order valence-corrected chi connectivity index (χ4v) is 4.35. The Kier molecular flexibility index (Phi) is 5.54. The topological polar surface area (TPSA) is 41.1 Å². The molecule has 0 aliphatic heterocycles. The van der Waals surface area contributed by atoms with Crippen LogP contribution in [0.15, 0.2) is 72.8 Å². The van der Waals surface area contributed by atoms with Crippen LogP contribution in [-0.2, 0) is 6.42 Å². The number of rotatable bonds is 8. The van der Waals surface area contributed by atoms with Crippen LogP contribution in [0.1, 0.15) is 53.1 Å². The number of carbonyl (C=O) groups excluding carboxylic acids is 1. The van der Waals surface area contributed by atoms with E-state index in [4.69, 9.17) is 0 Å². The highest BCUT2D eigenvalue weighted by Crippen LogP contribution is 2.41. The fraction of sp³-hybridized carbons (Fsp3) is 0.370. The van der Waals surface area contributed by atoms with Crippen molar-refractivity contribution >= 4 is 11.6 Å². The predicted molar refractivity (Wildman–Crippen MR) is 123 cm³/mol. The largest absolute Gasteiger partial charge is 0.322 e. The van der Waals surface area contributed by atoms with Crippen molar-refractivity contribution < 1.29 is 4.79 Å². The predicted octanol–water partition coefficient (Wildman–Crippen LogP) is 5.47. The summed E-state index contributed by atoms with van der Waals surface area (Å²) in [5.74, 6) is 2.00. The molecule has 0 saturated heterocycles. The lowest BCUT2D eigenvalue weighted by Gasteiger charge is -2.13. The highest BCUT2D eigenvalue weighted by Gasteiger charge is 2.39. The van der Waals surface area contributed by atoms with Crippen LogP contribution in [0.2, 0.25) is 0 Å². The first-order valence-electron chi connectivity index (χ1n) is 11.3. The summed E-state index contributed by atoms with van der Waals surface area (Å²) in [4.78, 5) is 12.8. The Morgan fingerprint density at radius 1 is 1.03 bits per heavy atom. The molecule has 2 aromatic carbocycles. The van der Waals surface area contributed by atoms with Gasteiger partial charge in [-0.25, -0.2) is 0 Å². The van der Waals surface area contributed by atoms with E-state index in [0.29, 0.717) is 17.9 Å². The molecule has 2 fully saturated rings. The van der Waals surface area contributed by atoms with Gasteiger partial charge in [-0.15, -0.1) is 0 Å². The maximum Gasteiger partial charge on any atom is 0.255 e. The van der Waals surface area contributed by atoms with Gasteiger partial charge in [0.05, 0.1) is 0 Å². The normalized spacial score (nSPS) is 24.6. The molecular weight excluding hydrogens is 368 g/mol. The Morgan fingerprint density at radius 3 is 2.67 bits per heavy atom. The quantitative estimate of drug-likeness (QED) is 0.619. The van der Waals surface area contributed by atoms with Crippen LogP contribution in [0, 0.1) is 11.8 Å². The van der Waals surface area contributed by atoms with E-state index in [-0.39, 0.29) is 5.91 Å². The monoisotopic (exact) mass is 398 g/mol. The molecule has 0 radical (unpaired) electrons. The van der Waals surface area contributed by atoms with E-state index >= 15 is 0 Å². The van der Waals surface area contributed by atoms with Gasteiger partial charge in [0.15, 0.2) is 0 Å². The summed E-state index contributed by atoms with van der Waals surface area (Å²) < 4.78 is 0. The first-order valence-corrected chi connectivity index (χ1v) is 11.3. The minimum atomic E-state index is -0.0342. The standard InChI is InChI=1S/C27H30N2O/c30-27(29-24-13-11-20(12-14-24)15-19-5-2-1-3-6-19)23-8-4-7-22(16-23)25-17-26(25)28-18-21-9-10-21/h1-5,7-8,11-14,16,19,21,25-26,28H,6,9-10,15,17-18H2,(H,29,30). The van der Waals surface area contributed by atoms with Crippen LogP contribution in [0.25, 0.3) is 0 Å². The van der Waals surface area contributed by atoms with Gasteiger partial charge in [-0.2, -0.15) is 0 Å². The van der Waals surface area contributed by atoms with Gasteiger partial charge in [0.2, 0.25) is 0 Å². The zero-order valence-electron chi connectivity index (χ0n) is 17.4. The lowest BCUT2D eigenvalue weighted by molar-refractivity contribution is 0.102. The summed E-state index contributed by atoms with van der Waals surface area (Å²) in [6.07, 6.45) is 14.8. The first-order chi connectivity index (χ1) is 14.7. The van der Waals surface area contributed by atoms with Gasteiger partial charge in [-0.3, -0.25) is 4.79 Å². The fourth-order valence-electron chi connectivity index (χ4n) is 4.35. The number of benzene rings is 2. The van der Waals surface area contributed by atoms with E-state index in [1.165, 1.54) is 30.4 Å². The number of nitrogens with one attached hydrogen (secondary N) is 2. The minimum Gasteiger partial charge on any atom is -0.322 e. The summed E-state index contributed by atoms with van der Waals surface area (Å²) in [6.45, 7) is 1.16. The van der Waals surface area contributed by atoms with Crippen LogP contribution >= 0.6 is 0 Å². The molecule has 3 atom stereocenters. The molecule has 0 heterocycles. The summed E-state index contributed by atoms with van der Waals surface area (Å²) in [5, 5.41) is 6.74. The highest BCUT2D eigenvalue weighted by atomic mass is 16.1. The second kappa shape index (κ2) is 8.61. The highest BCUT2D eigenvalue weighted by molar-refractivity contribution is 6.04. The van der Waals surface area contributed by atoms with Crippen LogP contribution in [-0.4, -0.2) is 18.5 Å². The molecule has 1 amide bonds. The number of hydrogen-bond donors (Lipinski definition) is 2. The summed E-state index contributed by atoms with van der Waals surface area (Å²) >= 11 is 0. The Morgan fingerprint density at radius 2 is 1.90 bits per heavy atom. The Balaban J connectivity index is 1.16. The van der Waals surface area contributed by atoms with Gasteiger partial charge in [0.25, 0.3) is 5.91 Å². The smallest absolute Gasteiger partial charge is 0.255 e. The first kappa shape index (κ1) is 19.3. The van der Waals surface area contributed by atoms with E-state index in [9.17, 15) is 4.79 Å². The Bertz CT molecular complexity index is 955. The van der Waals surface area contributed by atoms with Crippen molar-refractivity contribution in [2.75, 3.05) is 11.9 Å². The van der Waals surface area contributed by atoms with Crippen molar-refractivity contribution in [3.05, 3.63) is 89.5 Å². The summed E-state index contributed by atoms with van der Waals surface area (Å²) in [5.41, 5.74) is 4.17. The number of carbonyl (C=O) groups is 1. The van der Waals surface area contributed by atoms with Crippen molar-refractivity contribution in [2.24, 2.45) is 11.8 Å². The van der Waals surface area contributed by atoms with Gasteiger partial charge in [0, 0.05) is 23.2 Å².